The smallest absolute Gasteiger partial charge is 0.317 e. The van der Waals surface area contributed by atoms with Gasteiger partial charge in [0, 0.05) is 5.41 Å². The van der Waals surface area contributed by atoms with Crippen molar-refractivity contribution in [2.45, 2.75) is 173 Å². The van der Waals surface area contributed by atoms with Crippen LogP contribution in [0.5, 0.6) is 0 Å². The van der Waals surface area contributed by atoms with E-state index >= 15 is 0 Å². The summed E-state index contributed by atoms with van der Waals surface area (Å²) in [6, 6.07) is 0. The SMILES string of the molecule is CC1(C)CC[C@]2(C(=O)O[C@@H]3O[C@H](CO)[C@@H](O)[C@H](O)[C@H]3O)CC[C@]3(C)C(=CCC4[C@@]5(C)C[C@H](O)[C@H](O[C@@H]6OC[C@@H](O)[C@H](OC(=O)CC(=O)O)[C@H]6O)[C@@](C)(CO)C5CC[C@]43C)[C@@H]2C1. The lowest BCUT2D eigenvalue weighted by molar-refractivity contribution is -0.329. The Balaban J connectivity index is 1.16. The van der Waals surface area contributed by atoms with E-state index in [4.69, 9.17) is 28.8 Å². The number of aliphatic hydroxyl groups is 8. The summed E-state index contributed by atoms with van der Waals surface area (Å²) in [7, 11) is 0. The molecule has 0 amide bonds. The molecule has 0 spiro atoms. The van der Waals surface area contributed by atoms with Gasteiger partial charge in [-0.2, -0.15) is 0 Å². The van der Waals surface area contributed by atoms with Gasteiger partial charge in [-0.25, -0.2) is 0 Å². The molecule has 0 aromatic carbocycles. The molecular formula is C44H68O17. The molecule has 9 N–H and O–H groups in total. The number of rotatable bonds is 9. The number of hydrogen-bond donors (Lipinski definition) is 9. The van der Waals surface area contributed by atoms with E-state index in [1.807, 2.05) is 6.92 Å². The van der Waals surface area contributed by atoms with Gasteiger partial charge in [-0.3, -0.25) is 14.4 Å². The molecule has 4 saturated carbocycles. The number of hydrogen-bond acceptors (Lipinski definition) is 16. The third kappa shape index (κ3) is 7.39. The minimum Gasteiger partial charge on any atom is -0.481 e. The summed E-state index contributed by atoms with van der Waals surface area (Å²) in [5, 5.41) is 95.5. The molecule has 17 nitrogen and oxygen atoms in total. The highest BCUT2D eigenvalue weighted by molar-refractivity contribution is 5.90. The molecule has 61 heavy (non-hydrogen) atoms. The lowest BCUT2D eigenvalue weighted by Gasteiger charge is -2.71. The summed E-state index contributed by atoms with van der Waals surface area (Å²) in [4.78, 5) is 37.9. The van der Waals surface area contributed by atoms with Crippen molar-refractivity contribution in [3.63, 3.8) is 0 Å². The predicted molar refractivity (Wildman–Crippen MR) is 210 cm³/mol. The second-order valence-electron chi connectivity index (χ2n) is 21.3. The average Bonchev–Trinajstić information content (AvgIpc) is 3.18. The van der Waals surface area contributed by atoms with E-state index < -0.39 is 121 Å². The largest absolute Gasteiger partial charge is 0.481 e. The normalized spacial score (nSPS) is 50.4. The third-order valence-electron chi connectivity index (χ3n) is 17.4. The van der Waals surface area contributed by atoms with Gasteiger partial charge >= 0.3 is 17.9 Å². The fourth-order valence-electron chi connectivity index (χ4n) is 13.9. The first-order valence-corrected chi connectivity index (χ1v) is 22.0. The summed E-state index contributed by atoms with van der Waals surface area (Å²) in [5.74, 6) is -3.47. The van der Waals surface area contributed by atoms with Crippen molar-refractivity contribution in [2.75, 3.05) is 19.8 Å². The second-order valence-corrected chi connectivity index (χ2v) is 21.3. The number of carbonyl (C=O) groups is 3. The molecule has 2 aliphatic heterocycles. The number of aliphatic hydroxyl groups excluding tert-OH is 8. The van der Waals surface area contributed by atoms with E-state index in [-0.39, 0.29) is 40.6 Å². The van der Waals surface area contributed by atoms with Crippen LogP contribution in [0, 0.1) is 50.2 Å². The molecule has 0 aromatic heterocycles. The molecule has 0 bridgehead atoms. The van der Waals surface area contributed by atoms with Crippen LogP contribution in [-0.4, -0.2) is 151 Å². The first kappa shape index (κ1) is 46.7. The zero-order valence-corrected chi connectivity index (χ0v) is 36.1. The Morgan fingerprint density at radius 2 is 1.48 bits per heavy atom. The lowest BCUT2D eigenvalue weighted by atomic mass is 9.33. The van der Waals surface area contributed by atoms with Crippen LogP contribution >= 0.6 is 0 Å². The van der Waals surface area contributed by atoms with Crippen molar-refractivity contribution in [1.82, 2.24) is 0 Å². The summed E-state index contributed by atoms with van der Waals surface area (Å²) in [5.41, 5.74) is -2.10. The molecule has 2 heterocycles. The molecular weight excluding hydrogens is 800 g/mol. The maximum atomic E-state index is 14.6. The van der Waals surface area contributed by atoms with Crippen molar-refractivity contribution >= 4 is 17.9 Å². The topological polar surface area (TPSA) is 279 Å². The van der Waals surface area contributed by atoms with Crippen LogP contribution in [-0.2, 0) is 38.1 Å². The van der Waals surface area contributed by atoms with Crippen molar-refractivity contribution in [2.24, 2.45) is 50.2 Å². The van der Waals surface area contributed by atoms with Crippen LogP contribution < -0.4 is 0 Å². The summed E-state index contributed by atoms with van der Waals surface area (Å²) in [6.45, 7) is 11.7. The quantitative estimate of drug-likeness (QED) is 0.0675. The molecule has 17 heteroatoms. The van der Waals surface area contributed by atoms with E-state index in [2.05, 4.69) is 40.7 Å². The van der Waals surface area contributed by atoms with Gasteiger partial charge in [0.15, 0.2) is 12.4 Å². The molecule has 2 unspecified atom stereocenters. The Hall–Kier alpha value is -2.29. The molecule has 0 radical (unpaired) electrons. The standard InChI is InChI=1S/C44H68O17/c1-39(2)11-13-44(38(56)61-37-32(54)31(53)30(52)25(18-45)58-37)14-12-42(5)21(22(44)16-39)7-8-27-40(3)17-23(47)35(41(4,20-46)26(40)9-10-43(27,42)6)60-36-33(55)34(24(48)19-57-36)59-29(51)15-28(49)50/h7,22-27,30-37,45-48,52-55H,8-20H2,1-6H3,(H,49,50)/t22-,23-,24+,25+,26?,27?,30+,31-,32+,33+,34-,35-,36-,37-,40-,41-,42+,43+,44-/m0/s1. The minimum absolute atomic E-state index is 0.0313. The van der Waals surface area contributed by atoms with Crippen LogP contribution in [0.2, 0.25) is 0 Å². The van der Waals surface area contributed by atoms with Crippen molar-refractivity contribution < 1.29 is 84.0 Å². The Morgan fingerprint density at radius 3 is 2.13 bits per heavy atom. The van der Waals surface area contributed by atoms with Gasteiger partial charge in [0.2, 0.25) is 6.29 Å². The predicted octanol–water partition coefficient (Wildman–Crippen LogP) is 0.924. The van der Waals surface area contributed by atoms with Crippen LogP contribution in [0.15, 0.2) is 11.6 Å². The van der Waals surface area contributed by atoms with Crippen LogP contribution in [0.4, 0.5) is 0 Å². The van der Waals surface area contributed by atoms with Crippen LogP contribution in [0.1, 0.15) is 106 Å². The first-order chi connectivity index (χ1) is 28.4. The Morgan fingerprint density at radius 1 is 0.787 bits per heavy atom. The second kappa shape index (κ2) is 16.3. The highest BCUT2D eigenvalue weighted by atomic mass is 16.7. The molecule has 6 fully saturated rings. The van der Waals surface area contributed by atoms with E-state index in [0.717, 1.165) is 12.8 Å². The number of ether oxygens (including phenoxy) is 5. The van der Waals surface area contributed by atoms with Gasteiger partial charge in [-0.15, -0.1) is 0 Å². The number of fused-ring (bicyclic) bond motifs is 7. The summed E-state index contributed by atoms with van der Waals surface area (Å²) in [6.07, 6.45) is -9.28. The molecule has 0 aromatic rings. The number of allylic oxidation sites excluding steroid dienone is 2. The van der Waals surface area contributed by atoms with Crippen LogP contribution in [0.25, 0.3) is 0 Å². The highest BCUT2D eigenvalue weighted by Gasteiger charge is 2.71. The van der Waals surface area contributed by atoms with Crippen molar-refractivity contribution in [3.05, 3.63) is 11.6 Å². The molecule has 2 saturated heterocycles. The fourth-order valence-corrected chi connectivity index (χ4v) is 13.9. The zero-order chi connectivity index (χ0) is 44.8. The monoisotopic (exact) mass is 868 g/mol. The fraction of sp³-hybridized carbons (Fsp3) is 0.886. The Labute approximate surface area is 356 Å². The maximum absolute atomic E-state index is 14.6. The van der Waals surface area contributed by atoms with Gasteiger partial charge in [-0.05, 0) is 97.2 Å². The van der Waals surface area contributed by atoms with Crippen molar-refractivity contribution in [3.8, 4) is 0 Å². The molecule has 346 valence electrons. The molecule has 5 aliphatic carbocycles. The summed E-state index contributed by atoms with van der Waals surface area (Å²) >= 11 is 0. The van der Waals surface area contributed by atoms with Crippen molar-refractivity contribution in [1.29, 1.82) is 0 Å². The molecule has 7 aliphatic rings. The van der Waals surface area contributed by atoms with Gasteiger partial charge in [0.25, 0.3) is 0 Å². The van der Waals surface area contributed by atoms with E-state index in [1.165, 1.54) is 5.57 Å². The van der Waals surface area contributed by atoms with E-state index in [9.17, 15) is 55.2 Å². The maximum Gasteiger partial charge on any atom is 0.317 e. The first-order valence-electron chi connectivity index (χ1n) is 22.0. The van der Waals surface area contributed by atoms with Gasteiger partial charge < -0.3 is 69.6 Å². The lowest BCUT2D eigenvalue weighted by Crippen LogP contribution is -2.69. The Kier molecular flexibility index (Phi) is 12.5. The minimum atomic E-state index is -1.72. The Bertz CT molecular complexity index is 1720. The molecule has 7 rings (SSSR count). The average molecular weight is 869 g/mol. The van der Waals surface area contributed by atoms with Gasteiger partial charge in [-0.1, -0.05) is 53.2 Å². The number of aliphatic carboxylic acids is 1. The highest BCUT2D eigenvalue weighted by Crippen LogP contribution is 2.76. The molecule has 19 atom stereocenters. The number of esters is 2. The van der Waals surface area contributed by atoms with E-state index in [1.54, 1.807) is 0 Å². The number of carbonyl (C=O) groups excluding carboxylic acids is 2. The number of carboxylic acid groups (broad SMARTS) is 1. The van der Waals surface area contributed by atoms with Gasteiger partial charge in [0.05, 0.1) is 37.4 Å². The van der Waals surface area contributed by atoms with Gasteiger partial charge in [0.1, 0.15) is 43.0 Å². The summed E-state index contributed by atoms with van der Waals surface area (Å²) < 4.78 is 28.7. The number of carboxylic acids is 1. The zero-order valence-electron chi connectivity index (χ0n) is 36.1. The third-order valence-corrected chi connectivity index (χ3v) is 17.4. The van der Waals surface area contributed by atoms with E-state index in [0.29, 0.717) is 44.9 Å². The van der Waals surface area contributed by atoms with Crippen LogP contribution in [0.3, 0.4) is 0 Å².